The molecule has 0 saturated heterocycles. The number of rotatable bonds is 1. The molecule has 2 aromatic rings. The monoisotopic (exact) mass is 238 g/mol. The summed E-state index contributed by atoms with van der Waals surface area (Å²) in [6.07, 6.45) is 0. The van der Waals surface area contributed by atoms with Gasteiger partial charge in [0.25, 0.3) is 0 Å². The summed E-state index contributed by atoms with van der Waals surface area (Å²) in [6.45, 7) is 0. The number of hydrogen-bond acceptors (Lipinski definition) is 6. The molecule has 0 aliphatic heterocycles. The molecule has 0 atom stereocenters. The first-order valence-corrected chi connectivity index (χ1v) is 4.97. The van der Waals surface area contributed by atoms with E-state index >= 15 is 0 Å². The van der Waals surface area contributed by atoms with Crippen LogP contribution < -0.4 is 0 Å². The SMILES string of the molecule is Clc1nsnc1-c1nsnc1Cl. The first-order valence-electron chi connectivity index (χ1n) is 2.75. The Morgan fingerprint density at radius 3 is 1.42 bits per heavy atom. The van der Waals surface area contributed by atoms with Gasteiger partial charge in [0.2, 0.25) is 0 Å². The van der Waals surface area contributed by atoms with Crippen molar-refractivity contribution < 1.29 is 0 Å². The van der Waals surface area contributed by atoms with Gasteiger partial charge in [-0.1, -0.05) is 23.2 Å². The summed E-state index contributed by atoms with van der Waals surface area (Å²) in [6, 6.07) is 0. The summed E-state index contributed by atoms with van der Waals surface area (Å²) in [5, 5.41) is 0.629. The number of hydrogen-bond donors (Lipinski definition) is 0. The fourth-order valence-corrected chi connectivity index (χ4v) is 2.09. The molecule has 0 unspecified atom stereocenters. The summed E-state index contributed by atoms with van der Waals surface area (Å²) >= 11 is 13.5. The molecule has 2 rings (SSSR count). The zero-order valence-corrected chi connectivity index (χ0v) is 8.51. The molecule has 0 spiro atoms. The molecule has 0 bridgehead atoms. The third-order valence-electron chi connectivity index (χ3n) is 1.12. The number of aromatic nitrogens is 4. The van der Waals surface area contributed by atoms with Crippen molar-refractivity contribution in [2.45, 2.75) is 0 Å². The maximum atomic E-state index is 5.72. The van der Waals surface area contributed by atoms with Crippen LogP contribution in [0.1, 0.15) is 0 Å². The largest absolute Gasteiger partial charge is 0.172 e. The highest BCUT2D eigenvalue weighted by atomic mass is 35.5. The van der Waals surface area contributed by atoms with Crippen LogP contribution in [0.5, 0.6) is 0 Å². The highest BCUT2D eigenvalue weighted by molar-refractivity contribution is 7.00. The standard InChI is InChI=1S/C4Cl2N4S2/c5-3-1(7-11-9-3)2-4(6)10-12-8-2. The third kappa shape index (κ3) is 1.31. The Balaban J connectivity index is 2.57. The van der Waals surface area contributed by atoms with Gasteiger partial charge >= 0.3 is 0 Å². The summed E-state index contributed by atoms with van der Waals surface area (Å²) in [4.78, 5) is 0. The van der Waals surface area contributed by atoms with Crippen molar-refractivity contribution in [3.8, 4) is 11.4 Å². The van der Waals surface area contributed by atoms with Crippen molar-refractivity contribution in [3.05, 3.63) is 10.3 Å². The maximum Gasteiger partial charge on any atom is 0.172 e. The minimum absolute atomic E-state index is 0.314. The van der Waals surface area contributed by atoms with Crippen molar-refractivity contribution in [1.82, 2.24) is 17.5 Å². The van der Waals surface area contributed by atoms with Crippen LogP contribution in [0.2, 0.25) is 10.3 Å². The molecule has 0 radical (unpaired) electrons. The van der Waals surface area contributed by atoms with E-state index in [0.29, 0.717) is 21.7 Å². The number of halogens is 2. The zero-order chi connectivity index (χ0) is 8.55. The molecule has 12 heavy (non-hydrogen) atoms. The van der Waals surface area contributed by atoms with Crippen molar-refractivity contribution >= 4 is 46.7 Å². The first-order chi connectivity index (χ1) is 5.79. The highest BCUT2D eigenvalue weighted by Gasteiger charge is 2.15. The van der Waals surface area contributed by atoms with Crippen molar-refractivity contribution in [1.29, 1.82) is 0 Å². The fraction of sp³-hybridized carbons (Fsp3) is 0. The molecule has 0 aromatic carbocycles. The molecule has 2 heterocycles. The summed E-state index contributed by atoms with van der Waals surface area (Å²) in [5.74, 6) is 0. The van der Waals surface area contributed by atoms with Crippen LogP contribution in [0.25, 0.3) is 11.4 Å². The molecule has 0 saturated carbocycles. The molecular formula is C4Cl2N4S2. The minimum Gasteiger partial charge on any atom is -0.169 e. The van der Waals surface area contributed by atoms with Crippen LogP contribution >= 0.6 is 46.7 Å². The first kappa shape index (κ1) is 8.31. The van der Waals surface area contributed by atoms with Crippen molar-refractivity contribution in [2.75, 3.05) is 0 Å². The van der Waals surface area contributed by atoms with Gasteiger partial charge in [0.05, 0.1) is 23.5 Å². The Hall–Kier alpha value is -0.300. The molecule has 0 amide bonds. The summed E-state index contributed by atoms with van der Waals surface area (Å²) < 4.78 is 15.5. The van der Waals surface area contributed by atoms with Gasteiger partial charge in [-0.05, 0) is 0 Å². The van der Waals surface area contributed by atoms with Gasteiger partial charge < -0.3 is 0 Å². The van der Waals surface area contributed by atoms with E-state index in [4.69, 9.17) is 23.2 Å². The lowest BCUT2D eigenvalue weighted by molar-refractivity contribution is 1.42. The van der Waals surface area contributed by atoms with Gasteiger partial charge in [0.15, 0.2) is 10.3 Å². The average Bonchev–Trinajstić information content (AvgIpc) is 2.59. The Labute approximate surface area is 85.8 Å². The second kappa shape index (κ2) is 3.21. The van der Waals surface area contributed by atoms with Crippen LogP contribution in [0.4, 0.5) is 0 Å². The Morgan fingerprint density at radius 1 is 0.750 bits per heavy atom. The zero-order valence-electron chi connectivity index (χ0n) is 5.36. The van der Waals surface area contributed by atoms with Crippen molar-refractivity contribution in [3.63, 3.8) is 0 Å². The van der Waals surface area contributed by atoms with E-state index in [2.05, 4.69) is 17.5 Å². The Morgan fingerprint density at radius 2 is 1.17 bits per heavy atom. The predicted octanol–water partition coefficient (Wildman–Crippen LogP) is 2.36. The van der Waals surface area contributed by atoms with Crippen LogP contribution in [0, 0.1) is 0 Å². The van der Waals surface area contributed by atoms with Gasteiger partial charge in [-0.2, -0.15) is 17.5 Å². The average molecular weight is 239 g/mol. The summed E-state index contributed by atoms with van der Waals surface area (Å²) in [5.41, 5.74) is 1.00. The smallest absolute Gasteiger partial charge is 0.169 e. The van der Waals surface area contributed by atoms with E-state index in [-0.39, 0.29) is 0 Å². The topological polar surface area (TPSA) is 51.6 Å². The maximum absolute atomic E-state index is 5.72. The van der Waals surface area contributed by atoms with E-state index in [1.807, 2.05) is 0 Å². The normalized spacial score (nSPS) is 10.5. The van der Waals surface area contributed by atoms with E-state index < -0.39 is 0 Å². The van der Waals surface area contributed by atoms with E-state index in [1.54, 1.807) is 0 Å². The van der Waals surface area contributed by atoms with Crippen molar-refractivity contribution in [2.24, 2.45) is 0 Å². The third-order valence-corrected chi connectivity index (χ3v) is 2.91. The molecule has 2 aromatic heterocycles. The molecule has 0 fully saturated rings. The lowest BCUT2D eigenvalue weighted by Gasteiger charge is -1.87. The van der Waals surface area contributed by atoms with E-state index in [1.165, 1.54) is 0 Å². The van der Waals surface area contributed by atoms with Crippen LogP contribution in [-0.2, 0) is 0 Å². The molecular weight excluding hydrogens is 239 g/mol. The molecule has 0 aliphatic carbocycles. The molecule has 8 heteroatoms. The van der Waals surface area contributed by atoms with Gasteiger partial charge in [0, 0.05) is 0 Å². The highest BCUT2D eigenvalue weighted by Crippen LogP contribution is 2.29. The minimum atomic E-state index is 0.314. The van der Waals surface area contributed by atoms with Gasteiger partial charge in [-0.25, -0.2) is 0 Å². The van der Waals surface area contributed by atoms with Gasteiger partial charge in [0.1, 0.15) is 11.4 Å². The molecule has 0 aliphatic rings. The predicted molar refractivity (Wildman–Crippen MR) is 48.8 cm³/mol. The molecule has 62 valence electrons. The quantitative estimate of drug-likeness (QED) is 0.766. The lowest BCUT2D eigenvalue weighted by Crippen LogP contribution is -1.78. The van der Waals surface area contributed by atoms with Crippen LogP contribution in [-0.4, -0.2) is 17.5 Å². The van der Waals surface area contributed by atoms with Gasteiger partial charge in [-0.3, -0.25) is 0 Å². The molecule has 4 nitrogen and oxygen atoms in total. The van der Waals surface area contributed by atoms with Crippen LogP contribution in [0.15, 0.2) is 0 Å². The van der Waals surface area contributed by atoms with E-state index in [0.717, 1.165) is 23.5 Å². The lowest BCUT2D eigenvalue weighted by atomic mass is 10.4. The second-order valence-electron chi connectivity index (χ2n) is 1.81. The van der Waals surface area contributed by atoms with E-state index in [9.17, 15) is 0 Å². The second-order valence-corrected chi connectivity index (χ2v) is 3.58. The summed E-state index contributed by atoms with van der Waals surface area (Å²) in [7, 11) is 0. The Kier molecular flexibility index (Phi) is 2.22. The van der Waals surface area contributed by atoms with Gasteiger partial charge in [-0.15, -0.1) is 0 Å². The fourth-order valence-electron chi connectivity index (χ4n) is 0.638. The van der Waals surface area contributed by atoms with Crippen LogP contribution in [0.3, 0.4) is 0 Å². The molecule has 0 N–H and O–H groups in total. The Bertz CT molecular complexity index is 359. The number of nitrogens with zero attached hydrogens (tertiary/aromatic N) is 4.